The molecule has 0 saturated carbocycles. The first-order valence-electron chi connectivity index (χ1n) is 7.34. The second-order valence-electron chi connectivity index (χ2n) is 5.01. The maximum absolute atomic E-state index is 12.3. The maximum Gasteiger partial charge on any atom is 0.293 e. The maximum atomic E-state index is 12.3. The first kappa shape index (κ1) is 17.6. The predicted molar refractivity (Wildman–Crippen MR) is 96.9 cm³/mol. The first-order valence-corrected chi connectivity index (χ1v) is 7.81. The van der Waals surface area contributed by atoms with Crippen molar-refractivity contribution in [3.8, 4) is 5.75 Å². The van der Waals surface area contributed by atoms with Gasteiger partial charge in [0.1, 0.15) is 5.75 Å². The fourth-order valence-electron chi connectivity index (χ4n) is 2.07. The summed E-state index contributed by atoms with van der Waals surface area (Å²) in [5.41, 5.74) is 2.99. The molecule has 0 aliphatic heterocycles. The summed E-state index contributed by atoms with van der Waals surface area (Å²) in [4.78, 5) is 17.6. The molecular formula is C18H18N2O3S. The van der Waals surface area contributed by atoms with E-state index < -0.39 is 5.91 Å². The molecule has 1 aromatic heterocycles. The second kappa shape index (κ2) is 8.79. The van der Waals surface area contributed by atoms with Crippen molar-refractivity contribution < 1.29 is 14.6 Å². The molecule has 1 N–H and O–H groups in total. The van der Waals surface area contributed by atoms with Crippen molar-refractivity contribution in [1.29, 1.82) is 0 Å². The van der Waals surface area contributed by atoms with E-state index in [1.165, 1.54) is 16.5 Å². The summed E-state index contributed by atoms with van der Waals surface area (Å²) in [6.45, 7) is 0.382. The Balaban J connectivity index is 2.03. The van der Waals surface area contributed by atoms with Gasteiger partial charge in [-0.25, -0.2) is 0 Å². The number of thiocarbonyl (C=S) groups is 1. The minimum absolute atomic E-state index is 0.365. The molecule has 2 aromatic rings. The third-order valence-electron chi connectivity index (χ3n) is 3.42. The molecule has 1 amide bonds. The van der Waals surface area contributed by atoms with Crippen LogP contribution in [0.2, 0.25) is 0 Å². The zero-order valence-electron chi connectivity index (χ0n) is 13.3. The van der Waals surface area contributed by atoms with Gasteiger partial charge in [-0.1, -0.05) is 24.4 Å². The molecule has 24 heavy (non-hydrogen) atoms. The molecule has 0 aliphatic rings. The van der Waals surface area contributed by atoms with Crippen LogP contribution >= 0.6 is 12.2 Å². The number of methoxy groups -OCH3 is 1. The number of aliphatic hydroxyl groups excluding tert-OH is 1. The van der Waals surface area contributed by atoms with Crippen LogP contribution in [-0.2, 0) is 11.2 Å². The smallest absolute Gasteiger partial charge is 0.293 e. The zero-order valence-corrected chi connectivity index (χ0v) is 14.1. The predicted octanol–water partition coefficient (Wildman–Crippen LogP) is 3.02. The molecule has 2 rings (SSSR count). The van der Waals surface area contributed by atoms with E-state index in [0.717, 1.165) is 5.56 Å². The topological polar surface area (TPSA) is 62.7 Å². The molecule has 0 fully saturated rings. The molecule has 1 aromatic carbocycles. The van der Waals surface area contributed by atoms with Crippen LogP contribution in [0.25, 0.3) is 6.08 Å². The van der Waals surface area contributed by atoms with Crippen LogP contribution < -0.4 is 4.74 Å². The molecule has 0 atom stereocenters. The minimum Gasteiger partial charge on any atom is -0.503 e. The van der Waals surface area contributed by atoms with E-state index in [9.17, 15) is 9.90 Å². The van der Waals surface area contributed by atoms with Gasteiger partial charge in [0.2, 0.25) is 0 Å². The fraction of sp³-hybridized carbons (Fsp3) is 0.167. The van der Waals surface area contributed by atoms with E-state index >= 15 is 0 Å². The van der Waals surface area contributed by atoms with E-state index in [2.05, 4.69) is 4.98 Å². The number of carbonyl (C=O) groups excluding carboxylic acids is 1. The van der Waals surface area contributed by atoms with Crippen LogP contribution in [0.1, 0.15) is 11.1 Å². The number of hydrogen-bond acceptors (Lipinski definition) is 5. The molecule has 0 unspecified atom stereocenters. The van der Waals surface area contributed by atoms with Gasteiger partial charge in [0, 0.05) is 18.9 Å². The number of benzene rings is 1. The number of ether oxygens (including phenoxy) is 1. The number of aliphatic hydroxyl groups is 1. The lowest BCUT2D eigenvalue weighted by Crippen LogP contribution is -2.32. The number of pyridine rings is 1. The molecular weight excluding hydrogens is 324 g/mol. The molecule has 1 heterocycles. The monoisotopic (exact) mass is 342 g/mol. The lowest BCUT2D eigenvalue weighted by Gasteiger charge is -2.16. The quantitative estimate of drug-likeness (QED) is 0.476. The molecule has 6 heteroatoms. The van der Waals surface area contributed by atoms with E-state index in [1.807, 2.05) is 12.1 Å². The standard InChI is InChI=1S/C18H18N2O3S/c1-23-16-4-2-15(3-5-16)12-17(21)18(22)20(13-24)11-8-14-6-9-19-10-7-14/h2-7,9-10,12-13,21H,8,11H2,1H3/b17-12+. The summed E-state index contributed by atoms with van der Waals surface area (Å²) >= 11 is 4.89. The summed E-state index contributed by atoms with van der Waals surface area (Å²) in [6, 6.07) is 10.8. The Labute approximate surface area is 146 Å². The molecule has 0 saturated heterocycles. The van der Waals surface area contributed by atoms with Gasteiger partial charge in [-0.2, -0.15) is 0 Å². The first-order chi connectivity index (χ1) is 11.6. The zero-order chi connectivity index (χ0) is 17.4. The molecule has 0 aliphatic carbocycles. The summed E-state index contributed by atoms with van der Waals surface area (Å²) < 4.78 is 5.07. The average molecular weight is 342 g/mol. The summed E-state index contributed by atoms with van der Waals surface area (Å²) in [7, 11) is 1.58. The number of carbonyl (C=O) groups is 1. The SMILES string of the molecule is COc1ccc(/C=C(/O)C(=O)N(C=S)CCc2ccncc2)cc1. The van der Waals surface area contributed by atoms with Crippen LogP contribution in [-0.4, -0.2) is 40.0 Å². The Kier molecular flexibility index (Phi) is 6.45. The van der Waals surface area contributed by atoms with Gasteiger partial charge in [0.15, 0.2) is 5.76 Å². The fourth-order valence-corrected chi connectivity index (χ4v) is 2.27. The normalized spacial score (nSPS) is 11.0. The van der Waals surface area contributed by atoms with Gasteiger partial charge in [0.05, 0.1) is 12.6 Å². The summed E-state index contributed by atoms with van der Waals surface area (Å²) in [6.07, 6.45) is 5.41. The van der Waals surface area contributed by atoms with Crippen molar-refractivity contribution >= 4 is 29.7 Å². The summed E-state index contributed by atoms with van der Waals surface area (Å²) in [5, 5.41) is 10.1. The molecule has 5 nitrogen and oxygen atoms in total. The lowest BCUT2D eigenvalue weighted by atomic mass is 10.1. The van der Waals surface area contributed by atoms with Gasteiger partial charge < -0.3 is 14.7 Å². The Bertz CT molecular complexity index is 715. The third-order valence-corrected chi connectivity index (χ3v) is 3.67. The second-order valence-corrected chi connectivity index (χ2v) is 5.22. The Morgan fingerprint density at radius 1 is 1.25 bits per heavy atom. The van der Waals surface area contributed by atoms with E-state index in [0.29, 0.717) is 24.3 Å². The van der Waals surface area contributed by atoms with E-state index in [4.69, 9.17) is 17.0 Å². The average Bonchev–Trinajstić information content (AvgIpc) is 2.63. The van der Waals surface area contributed by atoms with Crippen molar-refractivity contribution in [3.63, 3.8) is 0 Å². The van der Waals surface area contributed by atoms with Gasteiger partial charge >= 0.3 is 0 Å². The highest BCUT2D eigenvalue weighted by molar-refractivity contribution is 7.78. The Morgan fingerprint density at radius 2 is 1.92 bits per heavy atom. The molecule has 0 radical (unpaired) electrons. The third kappa shape index (κ3) is 4.89. The van der Waals surface area contributed by atoms with Crippen LogP contribution in [0, 0.1) is 0 Å². The highest BCUT2D eigenvalue weighted by Gasteiger charge is 2.15. The van der Waals surface area contributed by atoms with Crippen molar-refractivity contribution in [2.24, 2.45) is 0 Å². The van der Waals surface area contributed by atoms with Gasteiger partial charge in [-0.15, -0.1) is 0 Å². The van der Waals surface area contributed by atoms with Crippen LogP contribution in [0.15, 0.2) is 54.6 Å². The van der Waals surface area contributed by atoms with Crippen LogP contribution in [0.3, 0.4) is 0 Å². The molecule has 124 valence electrons. The number of aromatic nitrogens is 1. The highest BCUT2D eigenvalue weighted by Crippen LogP contribution is 2.14. The number of amides is 1. The van der Waals surface area contributed by atoms with Crippen molar-refractivity contribution in [2.75, 3.05) is 13.7 Å². The van der Waals surface area contributed by atoms with Crippen molar-refractivity contribution in [3.05, 3.63) is 65.7 Å². The van der Waals surface area contributed by atoms with Gasteiger partial charge in [0.25, 0.3) is 5.91 Å². The number of nitrogens with zero attached hydrogens (tertiary/aromatic N) is 2. The summed E-state index contributed by atoms with van der Waals surface area (Å²) in [5.74, 6) is -0.193. The van der Waals surface area contributed by atoms with Crippen molar-refractivity contribution in [1.82, 2.24) is 9.88 Å². The minimum atomic E-state index is -0.533. The van der Waals surface area contributed by atoms with Gasteiger partial charge in [-0.05, 0) is 47.9 Å². The number of rotatable bonds is 7. The highest BCUT2D eigenvalue weighted by atomic mass is 32.1. The van der Waals surface area contributed by atoms with E-state index in [1.54, 1.807) is 43.8 Å². The van der Waals surface area contributed by atoms with E-state index in [-0.39, 0.29) is 5.76 Å². The lowest BCUT2D eigenvalue weighted by molar-refractivity contribution is -0.125. The Morgan fingerprint density at radius 3 is 2.50 bits per heavy atom. The molecule has 0 bridgehead atoms. The van der Waals surface area contributed by atoms with Gasteiger partial charge in [-0.3, -0.25) is 9.78 Å². The largest absolute Gasteiger partial charge is 0.503 e. The van der Waals surface area contributed by atoms with Crippen LogP contribution in [0.5, 0.6) is 5.75 Å². The Hall–Kier alpha value is -2.73. The number of hydrogen-bond donors (Lipinski definition) is 1. The van der Waals surface area contributed by atoms with Crippen LogP contribution in [0.4, 0.5) is 0 Å². The molecule has 0 spiro atoms. The van der Waals surface area contributed by atoms with Crippen molar-refractivity contribution in [2.45, 2.75) is 6.42 Å².